The molecule has 7 heteroatoms. The van der Waals surface area contributed by atoms with Crippen molar-refractivity contribution < 1.29 is 19.1 Å². The molecule has 2 aliphatic rings. The summed E-state index contributed by atoms with van der Waals surface area (Å²) < 4.78 is 11.5. The molecule has 2 amide bonds. The van der Waals surface area contributed by atoms with Crippen LogP contribution in [0.3, 0.4) is 0 Å². The van der Waals surface area contributed by atoms with Crippen molar-refractivity contribution in [1.82, 2.24) is 9.80 Å². The molecular weight excluding hydrogens is 358 g/mol. The number of benzene rings is 2. The molecule has 1 N–H and O–H groups in total. The minimum absolute atomic E-state index is 0.0494. The third kappa shape index (κ3) is 4.26. The number of carbonyl (C=O) groups excluding carboxylic acids is 2. The van der Waals surface area contributed by atoms with E-state index in [4.69, 9.17) is 9.47 Å². The smallest absolute Gasteiger partial charge is 0.267 e. The number of amides is 2. The summed E-state index contributed by atoms with van der Waals surface area (Å²) in [6.07, 6.45) is -0.622. The average molecular weight is 381 g/mol. The molecule has 1 saturated heterocycles. The Balaban J connectivity index is 1.25. The Hall–Kier alpha value is -3.06. The lowest BCUT2D eigenvalue weighted by Crippen LogP contribution is -2.54. The Morgan fingerprint density at radius 3 is 2.36 bits per heavy atom. The summed E-state index contributed by atoms with van der Waals surface area (Å²) in [5.74, 6) is 1.15. The number of rotatable bonds is 4. The normalized spacial score (nSPS) is 19.1. The maximum absolute atomic E-state index is 12.8. The van der Waals surface area contributed by atoms with E-state index in [1.165, 1.54) is 0 Å². The summed E-state index contributed by atoms with van der Waals surface area (Å²) in [4.78, 5) is 28.8. The lowest BCUT2D eigenvalue weighted by atomic mass is 10.2. The fraction of sp³-hybridized carbons (Fsp3) is 0.333. The van der Waals surface area contributed by atoms with Crippen LogP contribution in [-0.4, -0.2) is 67.0 Å². The monoisotopic (exact) mass is 381 g/mol. The van der Waals surface area contributed by atoms with E-state index in [9.17, 15) is 9.59 Å². The SMILES string of the molecule is O=C(CN1CCN(C(=O)[C@@H]2COc3ccccc3O2)CC1)Nc1ccccc1. The Labute approximate surface area is 163 Å². The highest BCUT2D eigenvalue weighted by atomic mass is 16.6. The summed E-state index contributed by atoms with van der Waals surface area (Å²) in [5, 5.41) is 2.89. The maximum Gasteiger partial charge on any atom is 0.267 e. The van der Waals surface area contributed by atoms with E-state index in [2.05, 4.69) is 10.2 Å². The average Bonchev–Trinajstić information content (AvgIpc) is 2.74. The number of hydrogen-bond acceptors (Lipinski definition) is 5. The summed E-state index contributed by atoms with van der Waals surface area (Å²) in [7, 11) is 0. The van der Waals surface area contributed by atoms with Gasteiger partial charge in [-0.05, 0) is 24.3 Å². The molecule has 0 saturated carbocycles. The minimum atomic E-state index is -0.622. The van der Waals surface area contributed by atoms with Gasteiger partial charge in [0.05, 0.1) is 6.54 Å². The third-order valence-electron chi connectivity index (χ3n) is 4.89. The van der Waals surface area contributed by atoms with Gasteiger partial charge < -0.3 is 19.7 Å². The topological polar surface area (TPSA) is 71.1 Å². The number of carbonyl (C=O) groups is 2. The Kier molecular flexibility index (Phi) is 5.43. The van der Waals surface area contributed by atoms with Crippen LogP contribution in [0.15, 0.2) is 54.6 Å². The zero-order chi connectivity index (χ0) is 19.3. The van der Waals surface area contributed by atoms with Crippen LogP contribution in [0.4, 0.5) is 5.69 Å². The number of ether oxygens (including phenoxy) is 2. The van der Waals surface area contributed by atoms with Crippen LogP contribution in [0.25, 0.3) is 0 Å². The Bertz CT molecular complexity index is 835. The fourth-order valence-corrected chi connectivity index (χ4v) is 3.40. The second kappa shape index (κ2) is 8.31. The molecule has 1 fully saturated rings. The maximum atomic E-state index is 12.8. The zero-order valence-electron chi connectivity index (χ0n) is 15.5. The number of nitrogens with one attached hydrogen (secondary N) is 1. The van der Waals surface area contributed by atoms with Crippen molar-refractivity contribution in [3.63, 3.8) is 0 Å². The lowest BCUT2D eigenvalue weighted by Gasteiger charge is -2.36. The zero-order valence-corrected chi connectivity index (χ0v) is 15.5. The van der Waals surface area contributed by atoms with Crippen LogP contribution in [-0.2, 0) is 9.59 Å². The second-order valence-corrected chi connectivity index (χ2v) is 6.88. The van der Waals surface area contributed by atoms with Crippen molar-refractivity contribution in [3.05, 3.63) is 54.6 Å². The molecule has 0 aliphatic carbocycles. The molecular formula is C21H23N3O4. The molecule has 4 rings (SSSR count). The van der Waals surface area contributed by atoms with Gasteiger partial charge in [-0.3, -0.25) is 14.5 Å². The molecule has 28 heavy (non-hydrogen) atoms. The first-order valence-corrected chi connectivity index (χ1v) is 9.43. The highest BCUT2D eigenvalue weighted by molar-refractivity contribution is 5.92. The van der Waals surface area contributed by atoms with Gasteiger partial charge in [-0.1, -0.05) is 30.3 Å². The van der Waals surface area contributed by atoms with Gasteiger partial charge >= 0.3 is 0 Å². The third-order valence-corrected chi connectivity index (χ3v) is 4.89. The number of fused-ring (bicyclic) bond motifs is 1. The van der Waals surface area contributed by atoms with E-state index in [1.807, 2.05) is 48.5 Å². The van der Waals surface area contributed by atoms with E-state index >= 15 is 0 Å². The summed E-state index contributed by atoms with van der Waals surface area (Å²) in [6, 6.07) is 16.8. The number of hydrogen-bond donors (Lipinski definition) is 1. The molecule has 7 nitrogen and oxygen atoms in total. The molecule has 0 aromatic heterocycles. The standard InChI is InChI=1S/C21H23N3O4/c25-20(22-16-6-2-1-3-7-16)14-23-10-12-24(13-11-23)21(26)19-15-27-17-8-4-5-9-18(17)28-19/h1-9,19H,10-15H2,(H,22,25)/t19-/m0/s1. The first-order chi connectivity index (χ1) is 13.7. The predicted octanol–water partition coefficient (Wildman–Crippen LogP) is 1.61. The fourth-order valence-electron chi connectivity index (χ4n) is 3.40. The molecule has 1 atom stereocenters. The second-order valence-electron chi connectivity index (χ2n) is 6.88. The minimum Gasteiger partial charge on any atom is -0.485 e. The van der Waals surface area contributed by atoms with Crippen molar-refractivity contribution in [1.29, 1.82) is 0 Å². The summed E-state index contributed by atoms with van der Waals surface area (Å²) >= 11 is 0. The van der Waals surface area contributed by atoms with Crippen molar-refractivity contribution >= 4 is 17.5 Å². The van der Waals surface area contributed by atoms with E-state index in [0.717, 1.165) is 5.69 Å². The quantitative estimate of drug-likeness (QED) is 0.871. The highest BCUT2D eigenvalue weighted by Gasteiger charge is 2.32. The van der Waals surface area contributed by atoms with Gasteiger partial charge in [0.15, 0.2) is 11.5 Å². The molecule has 0 spiro atoms. The Morgan fingerprint density at radius 1 is 0.929 bits per heavy atom. The van der Waals surface area contributed by atoms with Crippen LogP contribution in [0.2, 0.25) is 0 Å². The van der Waals surface area contributed by atoms with Gasteiger partial charge in [-0.15, -0.1) is 0 Å². The van der Waals surface area contributed by atoms with Crippen molar-refractivity contribution in [2.24, 2.45) is 0 Å². The van der Waals surface area contributed by atoms with Crippen LogP contribution in [0.1, 0.15) is 0 Å². The predicted molar refractivity (Wildman–Crippen MR) is 104 cm³/mol. The summed E-state index contributed by atoms with van der Waals surface area (Å²) in [6.45, 7) is 2.97. The van der Waals surface area contributed by atoms with E-state index in [0.29, 0.717) is 44.2 Å². The van der Waals surface area contributed by atoms with Crippen LogP contribution in [0, 0.1) is 0 Å². The first kappa shape index (κ1) is 18.3. The van der Waals surface area contributed by atoms with E-state index < -0.39 is 6.10 Å². The number of piperazine rings is 1. The van der Waals surface area contributed by atoms with Gasteiger partial charge in [-0.2, -0.15) is 0 Å². The molecule has 2 aliphatic heterocycles. The molecule has 0 unspecified atom stereocenters. The largest absolute Gasteiger partial charge is 0.485 e. The van der Waals surface area contributed by atoms with Crippen molar-refractivity contribution in [2.75, 3.05) is 44.6 Å². The van der Waals surface area contributed by atoms with Gasteiger partial charge in [0.25, 0.3) is 5.91 Å². The first-order valence-electron chi connectivity index (χ1n) is 9.43. The number of anilines is 1. The Morgan fingerprint density at radius 2 is 1.61 bits per heavy atom. The van der Waals surface area contributed by atoms with Gasteiger partial charge in [0.1, 0.15) is 6.61 Å². The lowest BCUT2D eigenvalue weighted by molar-refractivity contribution is -0.143. The van der Waals surface area contributed by atoms with E-state index in [1.54, 1.807) is 11.0 Å². The number of nitrogens with zero attached hydrogens (tertiary/aromatic N) is 2. The molecule has 0 bridgehead atoms. The van der Waals surface area contributed by atoms with Crippen LogP contribution >= 0.6 is 0 Å². The van der Waals surface area contributed by atoms with Crippen molar-refractivity contribution in [3.8, 4) is 11.5 Å². The molecule has 2 heterocycles. The number of para-hydroxylation sites is 3. The van der Waals surface area contributed by atoms with Crippen LogP contribution < -0.4 is 14.8 Å². The molecule has 0 radical (unpaired) electrons. The van der Waals surface area contributed by atoms with Crippen LogP contribution in [0.5, 0.6) is 11.5 Å². The van der Waals surface area contributed by atoms with Gasteiger partial charge in [0, 0.05) is 31.9 Å². The van der Waals surface area contributed by atoms with Crippen molar-refractivity contribution in [2.45, 2.75) is 6.10 Å². The van der Waals surface area contributed by atoms with E-state index in [-0.39, 0.29) is 18.4 Å². The highest BCUT2D eigenvalue weighted by Crippen LogP contribution is 2.31. The summed E-state index contributed by atoms with van der Waals surface area (Å²) in [5.41, 5.74) is 0.788. The van der Waals surface area contributed by atoms with Gasteiger partial charge in [0.2, 0.25) is 12.0 Å². The molecule has 2 aromatic carbocycles. The molecule has 146 valence electrons. The van der Waals surface area contributed by atoms with Gasteiger partial charge in [-0.25, -0.2) is 0 Å². The molecule has 2 aromatic rings.